The molecule has 1 unspecified atom stereocenters. The predicted molar refractivity (Wildman–Crippen MR) is 120 cm³/mol. The molecule has 8 heteroatoms. The summed E-state index contributed by atoms with van der Waals surface area (Å²) in [4.78, 5) is 31.3. The van der Waals surface area contributed by atoms with Crippen LogP contribution in [0.5, 0.6) is 5.75 Å². The van der Waals surface area contributed by atoms with Crippen molar-refractivity contribution in [2.75, 3.05) is 44.2 Å². The number of imide groups is 1. The smallest absolute Gasteiger partial charge is 0.251 e. The molecule has 0 radical (unpaired) electrons. The zero-order valence-electron chi connectivity index (χ0n) is 16.5. The van der Waals surface area contributed by atoms with Gasteiger partial charge in [-0.15, -0.1) is 0 Å². The Hall–Kier alpha value is -1.93. The number of para-hydroxylation sites is 1. The van der Waals surface area contributed by atoms with Gasteiger partial charge in [-0.3, -0.25) is 19.4 Å². The van der Waals surface area contributed by atoms with Crippen LogP contribution in [0.1, 0.15) is 6.42 Å². The Morgan fingerprint density at radius 1 is 1.00 bits per heavy atom. The van der Waals surface area contributed by atoms with Gasteiger partial charge in [-0.2, -0.15) is 0 Å². The number of halogens is 2. The molecule has 0 bridgehead atoms. The van der Waals surface area contributed by atoms with Crippen LogP contribution >= 0.6 is 27.5 Å². The van der Waals surface area contributed by atoms with Crippen LogP contribution in [0.2, 0.25) is 5.02 Å². The van der Waals surface area contributed by atoms with Crippen LogP contribution in [0.4, 0.5) is 5.69 Å². The number of carbonyl (C=O) groups excluding carboxylic acids is 2. The zero-order chi connectivity index (χ0) is 21.1. The first-order valence-electron chi connectivity index (χ1n) is 9.99. The molecule has 1 atom stereocenters. The van der Waals surface area contributed by atoms with Crippen molar-refractivity contribution in [3.05, 3.63) is 58.0 Å². The van der Waals surface area contributed by atoms with Crippen LogP contribution in [0.15, 0.2) is 53.0 Å². The Balaban J connectivity index is 1.28. The third kappa shape index (κ3) is 4.70. The number of amides is 2. The summed E-state index contributed by atoms with van der Waals surface area (Å²) in [6, 6.07) is 14.3. The highest BCUT2D eigenvalue weighted by molar-refractivity contribution is 9.10. The molecule has 0 aromatic heterocycles. The van der Waals surface area contributed by atoms with E-state index in [-0.39, 0.29) is 24.3 Å². The Morgan fingerprint density at radius 3 is 2.40 bits per heavy atom. The summed E-state index contributed by atoms with van der Waals surface area (Å²) in [7, 11) is 0. The van der Waals surface area contributed by atoms with Crippen molar-refractivity contribution in [2.24, 2.45) is 0 Å². The Morgan fingerprint density at radius 2 is 1.70 bits per heavy atom. The summed E-state index contributed by atoms with van der Waals surface area (Å²) in [6.45, 7) is 4.62. The van der Waals surface area contributed by atoms with Gasteiger partial charge in [-0.1, -0.05) is 23.7 Å². The van der Waals surface area contributed by atoms with Crippen molar-refractivity contribution >= 4 is 45.0 Å². The number of benzene rings is 2. The lowest BCUT2D eigenvalue weighted by Gasteiger charge is -2.36. The number of piperazine rings is 1. The Labute approximate surface area is 189 Å². The summed E-state index contributed by atoms with van der Waals surface area (Å²) in [5, 5.41) is 0.691. The van der Waals surface area contributed by atoms with Crippen molar-refractivity contribution in [1.29, 1.82) is 0 Å². The van der Waals surface area contributed by atoms with Crippen LogP contribution in [0.25, 0.3) is 0 Å². The second-order valence-corrected chi connectivity index (χ2v) is 8.71. The molecule has 2 aromatic carbocycles. The average molecular weight is 493 g/mol. The van der Waals surface area contributed by atoms with E-state index < -0.39 is 0 Å². The van der Waals surface area contributed by atoms with Gasteiger partial charge in [0.2, 0.25) is 5.91 Å². The van der Waals surface area contributed by atoms with Crippen molar-refractivity contribution in [1.82, 2.24) is 9.80 Å². The second kappa shape index (κ2) is 9.47. The molecule has 2 heterocycles. The fourth-order valence-corrected chi connectivity index (χ4v) is 4.50. The van der Waals surface area contributed by atoms with Crippen LogP contribution in [0.3, 0.4) is 0 Å². The fraction of sp³-hybridized carbons (Fsp3) is 0.364. The Bertz CT molecular complexity index is 916. The predicted octanol–water partition coefficient (Wildman–Crippen LogP) is 3.43. The number of ether oxygens (including phenoxy) is 1. The first-order valence-corrected chi connectivity index (χ1v) is 11.2. The van der Waals surface area contributed by atoms with E-state index in [4.69, 9.17) is 16.3 Å². The van der Waals surface area contributed by atoms with Crippen molar-refractivity contribution in [3.63, 3.8) is 0 Å². The van der Waals surface area contributed by atoms with Crippen LogP contribution in [-0.2, 0) is 9.59 Å². The van der Waals surface area contributed by atoms with E-state index in [0.29, 0.717) is 17.3 Å². The van der Waals surface area contributed by atoms with Gasteiger partial charge in [-0.25, -0.2) is 4.90 Å². The number of carbonyl (C=O) groups is 2. The molecule has 0 spiro atoms. The molecule has 2 aromatic rings. The van der Waals surface area contributed by atoms with Crippen molar-refractivity contribution in [2.45, 2.75) is 12.5 Å². The third-order valence-electron chi connectivity index (χ3n) is 5.55. The molecule has 6 nitrogen and oxygen atoms in total. The number of nitrogens with zero attached hydrogens (tertiary/aromatic N) is 3. The molecule has 2 aliphatic rings. The standard InChI is InChI=1S/C22H23BrClN3O3/c23-18-3-1-2-4-19(18)27-21(28)15-20(22(27)29)26-11-9-25(10-12-26)13-14-30-17-7-5-16(24)6-8-17/h1-8,20H,9-15H2. The van der Waals surface area contributed by atoms with Crippen LogP contribution < -0.4 is 9.64 Å². The zero-order valence-corrected chi connectivity index (χ0v) is 18.8. The van der Waals surface area contributed by atoms with E-state index in [0.717, 1.165) is 42.9 Å². The topological polar surface area (TPSA) is 53.1 Å². The normalized spacial score (nSPS) is 20.7. The summed E-state index contributed by atoms with van der Waals surface area (Å²) < 4.78 is 6.52. The molecule has 2 saturated heterocycles. The molecule has 2 aliphatic heterocycles. The van der Waals surface area contributed by atoms with Crippen LogP contribution in [-0.4, -0.2) is 67.0 Å². The number of rotatable bonds is 6. The molecular formula is C22H23BrClN3O3. The SMILES string of the molecule is O=C1CC(N2CCN(CCOc3ccc(Cl)cc3)CC2)C(=O)N1c1ccccc1Br. The van der Waals surface area contributed by atoms with Gasteiger partial charge in [0.25, 0.3) is 5.91 Å². The van der Waals surface area contributed by atoms with Gasteiger partial charge < -0.3 is 4.74 Å². The lowest BCUT2D eigenvalue weighted by atomic mass is 10.1. The average Bonchev–Trinajstić information content (AvgIpc) is 3.04. The highest BCUT2D eigenvalue weighted by Gasteiger charge is 2.43. The van der Waals surface area contributed by atoms with E-state index in [9.17, 15) is 9.59 Å². The highest BCUT2D eigenvalue weighted by Crippen LogP contribution is 2.31. The largest absolute Gasteiger partial charge is 0.492 e. The third-order valence-corrected chi connectivity index (χ3v) is 6.48. The quantitative estimate of drug-likeness (QED) is 0.578. The number of hydrogen-bond acceptors (Lipinski definition) is 5. The lowest BCUT2D eigenvalue weighted by molar-refractivity contribution is -0.123. The molecule has 4 rings (SSSR count). The Kier molecular flexibility index (Phi) is 6.73. The molecule has 30 heavy (non-hydrogen) atoms. The monoisotopic (exact) mass is 491 g/mol. The van der Waals surface area contributed by atoms with Gasteiger partial charge in [0.15, 0.2) is 0 Å². The van der Waals surface area contributed by atoms with Crippen LogP contribution in [0, 0.1) is 0 Å². The van der Waals surface area contributed by atoms with Gasteiger partial charge in [0, 0.05) is 42.2 Å². The molecule has 2 amide bonds. The van der Waals surface area contributed by atoms with Gasteiger partial charge in [0.1, 0.15) is 12.4 Å². The molecule has 2 fully saturated rings. The van der Waals surface area contributed by atoms with Gasteiger partial charge in [-0.05, 0) is 52.3 Å². The van der Waals surface area contributed by atoms with E-state index in [1.807, 2.05) is 42.5 Å². The summed E-state index contributed by atoms with van der Waals surface area (Å²) >= 11 is 9.33. The minimum Gasteiger partial charge on any atom is -0.492 e. The van der Waals surface area contributed by atoms with Gasteiger partial charge in [0.05, 0.1) is 18.2 Å². The molecule has 0 aliphatic carbocycles. The minimum absolute atomic E-state index is 0.133. The highest BCUT2D eigenvalue weighted by atomic mass is 79.9. The molecular weight excluding hydrogens is 470 g/mol. The molecule has 0 N–H and O–H groups in total. The maximum absolute atomic E-state index is 13.0. The fourth-order valence-electron chi connectivity index (χ4n) is 3.91. The first-order chi connectivity index (χ1) is 14.5. The van der Waals surface area contributed by atoms with E-state index >= 15 is 0 Å². The summed E-state index contributed by atoms with van der Waals surface area (Å²) in [5.74, 6) is 0.530. The maximum atomic E-state index is 13.0. The lowest BCUT2D eigenvalue weighted by Crippen LogP contribution is -2.53. The maximum Gasteiger partial charge on any atom is 0.251 e. The van der Waals surface area contributed by atoms with E-state index in [1.165, 1.54) is 4.90 Å². The number of hydrogen-bond donors (Lipinski definition) is 0. The first kappa shape index (κ1) is 21.3. The number of anilines is 1. The summed E-state index contributed by atoms with van der Waals surface area (Å²) in [6.07, 6.45) is 0.236. The van der Waals surface area contributed by atoms with E-state index in [2.05, 4.69) is 25.7 Å². The van der Waals surface area contributed by atoms with E-state index in [1.54, 1.807) is 6.07 Å². The molecule has 0 saturated carbocycles. The minimum atomic E-state index is -0.378. The summed E-state index contributed by atoms with van der Waals surface area (Å²) in [5.41, 5.74) is 0.619. The van der Waals surface area contributed by atoms with Crippen molar-refractivity contribution in [3.8, 4) is 5.75 Å². The van der Waals surface area contributed by atoms with Gasteiger partial charge >= 0.3 is 0 Å². The van der Waals surface area contributed by atoms with Crippen molar-refractivity contribution < 1.29 is 14.3 Å². The molecule has 158 valence electrons. The second-order valence-electron chi connectivity index (χ2n) is 7.42.